The summed E-state index contributed by atoms with van der Waals surface area (Å²) < 4.78 is 39.2. The lowest BCUT2D eigenvalue weighted by Gasteiger charge is -2.33. The molecule has 31 heavy (non-hydrogen) atoms. The summed E-state index contributed by atoms with van der Waals surface area (Å²) in [5.74, 6) is -0.917. The lowest BCUT2D eigenvalue weighted by atomic mass is 10.1. The van der Waals surface area contributed by atoms with Crippen LogP contribution in [0.2, 0.25) is 0 Å². The molecule has 0 saturated carbocycles. The van der Waals surface area contributed by atoms with Crippen molar-refractivity contribution in [3.63, 3.8) is 0 Å². The van der Waals surface area contributed by atoms with Crippen LogP contribution >= 0.6 is 0 Å². The maximum Gasteiger partial charge on any atom is 0.228 e. The molecule has 3 aromatic rings. The van der Waals surface area contributed by atoms with E-state index in [1.807, 2.05) is 18.7 Å². The Kier molecular flexibility index (Phi) is 6.33. The van der Waals surface area contributed by atoms with E-state index in [0.717, 1.165) is 24.6 Å². The van der Waals surface area contributed by atoms with Gasteiger partial charge in [0.25, 0.3) is 0 Å². The van der Waals surface area contributed by atoms with Crippen molar-refractivity contribution in [1.29, 1.82) is 0 Å². The number of benzene rings is 1. The largest absolute Gasteiger partial charge is 0.385 e. The van der Waals surface area contributed by atoms with Crippen molar-refractivity contribution in [3.05, 3.63) is 41.2 Å². The molecule has 1 atom stereocenters. The lowest BCUT2D eigenvalue weighted by Crippen LogP contribution is -2.43. The molecule has 1 aliphatic rings. The van der Waals surface area contributed by atoms with Gasteiger partial charge < -0.3 is 14.4 Å². The average molecular weight is 429 g/mol. The number of anilines is 1. The van der Waals surface area contributed by atoms with Crippen molar-refractivity contribution in [1.82, 2.24) is 19.9 Å². The number of aromatic nitrogens is 4. The molecule has 1 aromatic carbocycles. The van der Waals surface area contributed by atoms with Crippen LogP contribution in [0.15, 0.2) is 18.2 Å². The third kappa shape index (κ3) is 4.62. The summed E-state index contributed by atoms with van der Waals surface area (Å²) in [7, 11) is 1.68. The molecule has 0 spiro atoms. The van der Waals surface area contributed by atoms with Gasteiger partial charge >= 0.3 is 0 Å². The minimum absolute atomic E-state index is 0.0278. The number of rotatable bonds is 6. The van der Waals surface area contributed by atoms with Crippen molar-refractivity contribution < 1.29 is 18.3 Å². The standard InChI is InChI=1S/C22H25F2N5O2/c1-13-14(2)26-21-20(25-13)19(17-7-6-15(23)11-18(17)24)27-22(28-21)29-8-10-31-16(12-29)5-4-9-30-3/h6-7,11,16H,4-5,8-10,12H2,1-3H3/t16-/m1/s1. The number of hydrogen-bond acceptors (Lipinski definition) is 7. The number of aryl methyl sites for hydroxylation is 2. The molecule has 1 aliphatic heterocycles. The fraction of sp³-hybridized carbons (Fsp3) is 0.455. The highest BCUT2D eigenvalue weighted by Crippen LogP contribution is 2.30. The molecule has 0 radical (unpaired) electrons. The van der Waals surface area contributed by atoms with Crippen molar-refractivity contribution in [3.8, 4) is 11.3 Å². The zero-order valence-electron chi connectivity index (χ0n) is 17.9. The number of nitrogens with zero attached hydrogens (tertiary/aromatic N) is 5. The van der Waals surface area contributed by atoms with Crippen LogP contribution < -0.4 is 4.90 Å². The molecule has 164 valence electrons. The molecule has 0 amide bonds. The molecule has 0 bridgehead atoms. The summed E-state index contributed by atoms with van der Waals surface area (Å²) in [4.78, 5) is 20.4. The van der Waals surface area contributed by atoms with Gasteiger partial charge in [-0.15, -0.1) is 0 Å². The highest BCUT2D eigenvalue weighted by Gasteiger charge is 2.25. The number of halogens is 2. The molecule has 7 nitrogen and oxygen atoms in total. The second-order valence-electron chi connectivity index (χ2n) is 7.64. The first-order valence-electron chi connectivity index (χ1n) is 10.3. The SMILES string of the molecule is COCCC[C@@H]1CN(c2nc(-c3ccc(F)cc3F)c3nc(C)c(C)nc3n2)CCO1. The Hall–Kier alpha value is -2.78. The van der Waals surface area contributed by atoms with Gasteiger partial charge in [-0.2, -0.15) is 4.98 Å². The smallest absolute Gasteiger partial charge is 0.228 e. The maximum atomic E-state index is 14.7. The quantitative estimate of drug-likeness (QED) is 0.554. The fourth-order valence-electron chi connectivity index (χ4n) is 3.64. The monoisotopic (exact) mass is 429 g/mol. The number of hydrogen-bond donors (Lipinski definition) is 0. The summed E-state index contributed by atoms with van der Waals surface area (Å²) in [6, 6.07) is 3.43. The van der Waals surface area contributed by atoms with Crippen LogP contribution in [-0.2, 0) is 9.47 Å². The highest BCUT2D eigenvalue weighted by molar-refractivity contribution is 5.88. The van der Waals surface area contributed by atoms with Crippen LogP contribution in [0.1, 0.15) is 24.2 Å². The first-order valence-corrected chi connectivity index (χ1v) is 10.3. The average Bonchev–Trinajstić information content (AvgIpc) is 2.75. The molecule has 9 heteroatoms. The van der Waals surface area contributed by atoms with Gasteiger partial charge in [0.2, 0.25) is 5.95 Å². The molecule has 0 N–H and O–H groups in total. The molecule has 0 aliphatic carbocycles. The minimum atomic E-state index is -0.703. The molecule has 0 unspecified atom stereocenters. The molecule has 1 saturated heterocycles. The van der Waals surface area contributed by atoms with Gasteiger partial charge in [-0.1, -0.05) is 0 Å². The van der Waals surface area contributed by atoms with Crippen molar-refractivity contribution in [2.75, 3.05) is 38.3 Å². The zero-order chi connectivity index (χ0) is 22.0. The molecule has 1 fully saturated rings. The summed E-state index contributed by atoms with van der Waals surface area (Å²) in [5.41, 5.74) is 2.68. The van der Waals surface area contributed by atoms with E-state index in [1.165, 1.54) is 12.1 Å². The van der Waals surface area contributed by atoms with Gasteiger partial charge in [0, 0.05) is 38.4 Å². The second kappa shape index (κ2) is 9.15. The fourth-order valence-corrected chi connectivity index (χ4v) is 3.64. The van der Waals surface area contributed by atoms with Gasteiger partial charge in [0.1, 0.15) is 22.8 Å². The first-order chi connectivity index (χ1) is 15.0. The van der Waals surface area contributed by atoms with Crippen LogP contribution in [0.4, 0.5) is 14.7 Å². The van der Waals surface area contributed by atoms with Crippen LogP contribution in [-0.4, -0.2) is 59.5 Å². The Bertz CT molecular complexity index is 1100. The lowest BCUT2D eigenvalue weighted by molar-refractivity contribution is 0.0288. The molecule has 3 heterocycles. The number of ether oxygens (including phenoxy) is 2. The third-order valence-corrected chi connectivity index (χ3v) is 5.41. The van der Waals surface area contributed by atoms with E-state index in [9.17, 15) is 8.78 Å². The van der Waals surface area contributed by atoms with Crippen LogP contribution in [0.25, 0.3) is 22.4 Å². The van der Waals surface area contributed by atoms with Gasteiger partial charge in [-0.3, -0.25) is 0 Å². The van der Waals surface area contributed by atoms with Crippen molar-refractivity contribution in [2.24, 2.45) is 0 Å². The van der Waals surface area contributed by atoms with E-state index >= 15 is 0 Å². The summed E-state index contributed by atoms with van der Waals surface area (Å²) in [6.07, 6.45) is 1.78. The highest BCUT2D eigenvalue weighted by atomic mass is 19.1. The van der Waals surface area contributed by atoms with E-state index < -0.39 is 11.6 Å². The van der Waals surface area contributed by atoms with Crippen LogP contribution in [0, 0.1) is 25.5 Å². The zero-order valence-corrected chi connectivity index (χ0v) is 17.9. The Balaban J connectivity index is 1.77. The second-order valence-corrected chi connectivity index (χ2v) is 7.64. The summed E-state index contributed by atoms with van der Waals surface area (Å²) >= 11 is 0. The Morgan fingerprint density at radius 1 is 1.13 bits per heavy atom. The van der Waals surface area contributed by atoms with E-state index in [1.54, 1.807) is 7.11 Å². The summed E-state index contributed by atoms with van der Waals surface area (Å²) in [5, 5.41) is 0. The topological polar surface area (TPSA) is 73.3 Å². The summed E-state index contributed by atoms with van der Waals surface area (Å²) in [6.45, 7) is 6.11. The molecule has 4 rings (SSSR count). The minimum Gasteiger partial charge on any atom is -0.385 e. The predicted octanol–water partition coefficient (Wildman–Crippen LogP) is 3.61. The van der Waals surface area contributed by atoms with E-state index in [2.05, 4.69) is 19.9 Å². The number of morpholine rings is 1. The Labute approximate surface area is 179 Å². The van der Waals surface area contributed by atoms with Crippen LogP contribution in [0.3, 0.4) is 0 Å². The van der Waals surface area contributed by atoms with Crippen molar-refractivity contribution >= 4 is 17.1 Å². The van der Waals surface area contributed by atoms with Gasteiger partial charge in [-0.25, -0.2) is 23.7 Å². The third-order valence-electron chi connectivity index (χ3n) is 5.41. The number of methoxy groups -OCH3 is 1. The van der Waals surface area contributed by atoms with E-state index in [-0.39, 0.29) is 11.7 Å². The number of fused-ring (bicyclic) bond motifs is 1. The van der Waals surface area contributed by atoms with Crippen molar-refractivity contribution in [2.45, 2.75) is 32.8 Å². The Morgan fingerprint density at radius 2 is 1.94 bits per heavy atom. The van der Waals surface area contributed by atoms with E-state index in [0.29, 0.717) is 54.8 Å². The normalized spacial score (nSPS) is 16.8. The molecular weight excluding hydrogens is 404 g/mol. The molecular formula is C22H25F2N5O2. The van der Waals surface area contributed by atoms with Gasteiger partial charge in [0.05, 0.1) is 24.1 Å². The Morgan fingerprint density at radius 3 is 2.71 bits per heavy atom. The van der Waals surface area contributed by atoms with Gasteiger partial charge in [0.15, 0.2) is 5.65 Å². The maximum absolute atomic E-state index is 14.7. The van der Waals surface area contributed by atoms with Crippen LogP contribution in [0.5, 0.6) is 0 Å². The first kappa shape index (κ1) is 21.5. The van der Waals surface area contributed by atoms with Gasteiger partial charge in [-0.05, 0) is 38.8 Å². The predicted molar refractivity (Wildman–Crippen MR) is 113 cm³/mol. The molecule has 2 aromatic heterocycles. The van der Waals surface area contributed by atoms with E-state index in [4.69, 9.17) is 9.47 Å².